The largest absolute Gasteiger partial charge is 0.294 e. The summed E-state index contributed by atoms with van der Waals surface area (Å²) in [4.78, 5) is 11.2. The fourth-order valence-corrected chi connectivity index (χ4v) is 22.5. The molecule has 0 aliphatic heterocycles. The average Bonchev–Trinajstić information content (AvgIpc) is 4.32. The molecule has 0 fully saturated rings. The van der Waals surface area contributed by atoms with Gasteiger partial charge in [0, 0.05) is 10.8 Å². The Balaban J connectivity index is 1.08. The van der Waals surface area contributed by atoms with Gasteiger partial charge in [0.15, 0.2) is 16.1 Å². The fraction of sp³-hybridized carbons (Fsp3) is 0. The van der Waals surface area contributed by atoms with Crippen molar-refractivity contribution in [3.63, 3.8) is 0 Å². The molecule has 4 aromatic heterocycles. The van der Waals surface area contributed by atoms with Crippen LogP contribution < -0.4 is 41.5 Å². The van der Waals surface area contributed by atoms with E-state index in [0.29, 0.717) is 0 Å². The fourth-order valence-electron chi connectivity index (χ4n) is 13.0. The van der Waals surface area contributed by atoms with E-state index in [4.69, 9.17) is 9.97 Å². The highest BCUT2D eigenvalue weighted by molar-refractivity contribution is 7.20. The maximum atomic E-state index is 5.83. The SMILES string of the molecule is c1ccc(-c2cc(-n3c4ccc([Si](c5ccccc5)(c5ccccc5)c5ccccc5)cc4c4cc([Si](c5ccccc5)(c5ccccc5)c5ccccc5)ccc43)nc(-n3c4ccccc4n4c5ccccc5nc34)c2)cc1. The molecule has 79 heavy (non-hydrogen) atoms. The maximum absolute atomic E-state index is 5.83. The molecule has 0 saturated heterocycles. The number of benzene rings is 11. The van der Waals surface area contributed by atoms with Gasteiger partial charge >= 0.3 is 0 Å². The zero-order valence-corrected chi connectivity index (χ0v) is 45.2. The van der Waals surface area contributed by atoms with Crippen LogP contribution in [-0.2, 0) is 0 Å². The molecule has 0 bridgehead atoms. The molecule has 372 valence electrons. The lowest BCUT2D eigenvalue weighted by atomic mass is 10.1. The van der Waals surface area contributed by atoms with Gasteiger partial charge in [-0.05, 0) is 101 Å². The lowest BCUT2D eigenvalue weighted by Gasteiger charge is -2.34. The van der Waals surface area contributed by atoms with E-state index >= 15 is 0 Å². The topological polar surface area (TPSA) is 40.0 Å². The molecule has 7 heteroatoms. The Bertz CT molecular complexity index is 4320. The zero-order chi connectivity index (χ0) is 52.3. The molecule has 11 aromatic carbocycles. The summed E-state index contributed by atoms with van der Waals surface area (Å²) in [6.45, 7) is 0. The molecule has 0 amide bonds. The Hall–Kier alpha value is -9.93. The summed E-state index contributed by atoms with van der Waals surface area (Å²) in [6.07, 6.45) is 0. The monoisotopic (exact) mass is 1040 g/mol. The van der Waals surface area contributed by atoms with Gasteiger partial charge in [0.1, 0.15) is 11.6 Å². The van der Waals surface area contributed by atoms with E-state index in [0.717, 1.165) is 61.6 Å². The number of imidazole rings is 2. The molecule has 0 N–H and O–H groups in total. The molecular weight excluding hydrogens is 991 g/mol. The van der Waals surface area contributed by atoms with Gasteiger partial charge in [0.25, 0.3) is 0 Å². The van der Waals surface area contributed by atoms with Crippen LogP contribution in [0.4, 0.5) is 0 Å². The summed E-state index contributed by atoms with van der Waals surface area (Å²) < 4.78 is 6.94. The summed E-state index contributed by atoms with van der Waals surface area (Å²) in [7, 11) is -5.95. The summed E-state index contributed by atoms with van der Waals surface area (Å²) in [6, 6.07) is 114. The van der Waals surface area contributed by atoms with Crippen molar-refractivity contribution in [2.75, 3.05) is 0 Å². The third-order valence-corrected chi connectivity index (χ3v) is 25.9. The smallest absolute Gasteiger partial charge is 0.221 e. The first-order chi connectivity index (χ1) is 39.2. The summed E-state index contributed by atoms with van der Waals surface area (Å²) >= 11 is 0. The number of para-hydroxylation sites is 4. The average molecular weight is 1040 g/mol. The first-order valence-corrected chi connectivity index (χ1v) is 31.1. The predicted octanol–water partition coefficient (Wildman–Crippen LogP) is 11.3. The van der Waals surface area contributed by atoms with Gasteiger partial charge in [-0.3, -0.25) is 13.5 Å². The van der Waals surface area contributed by atoms with Gasteiger partial charge in [-0.25, -0.2) is 9.97 Å². The highest BCUT2D eigenvalue weighted by Crippen LogP contribution is 2.36. The number of rotatable bonds is 11. The third kappa shape index (κ3) is 7.28. The standard InChI is InChI=1S/C72H51N5Si2/c1-8-26-52(27-9-1)53-48-70(74-71(49-53)77-69-43-25-24-42-68(69)76-67-41-23-22-40-64(67)73-72(76)77)75-65-46-44-60(78(54-28-10-2-11-29-54,55-30-12-3-13-31-55)56-32-14-4-15-33-56)50-62(65)63-51-61(45-47-66(63)75)79(57-34-16-5-17-35-57,58-36-18-6-19-37-58)59-38-20-7-21-39-59/h1-51H. The second-order valence-electron chi connectivity index (χ2n) is 20.5. The first-order valence-electron chi connectivity index (χ1n) is 27.1. The molecule has 0 atom stereocenters. The summed E-state index contributed by atoms with van der Waals surface area (Å²) in [5.74, 6) is 2.42. The zero-order valence-electron chi connectivity index (χ0n) is 43.2. The van der Waals surface area contributed by atoms with Crippen LogP contribution in [0.3, 0.4) is 0 Å². The van der Waals surface area contributed by atoms with Crippen LogP contribution >= 0.6 is 0 Å². The van der Waals surface area contributed by atoms with Gasteiger partial charge in [0.2, 0.25) is 5.78 Å². The number of aromatic nitrogens is 5. The molecule has 0 spiro atoms. The Morgan fingerprint density at radius 2 is 0.595 bits per heavy atom. The minimum atomic E-state index is -2.98. The molecule has 0 saturated carbocycles. The van der Waals surface area contributed by atoms with E-state index in [-0.39, 0.29) is 0 Å². The summed E-state index contributed by atoms with van der Waals surface area (Å²) in [5.41, 5.74) is 8.42. The van der Waals surface area contributed by atoms with Crippen molar-refractivity contribution in [1.29, 1.82) is 0 Å². The lowest BCUT2D eigenvalue weighted by Crippen LogP contribution is -2.74. The second-order valence-corrected chi connectivity index (χ2v) is 28.1. The van der Waals surface area contributed by atoms with E-state index in [2.05, 4.69) is 323 Å². The third-order valence-electron chi connectivity index (χ3n) is 16.3. The molecule has 0 unspecified atom stereocenters. The van der Waals surface area contributed by atoms with E-state index in [1.54, 1.807) is 0 Å². The molecule has 0 radical (unpaired) electrons. The van der Waals surface area contributed by atoms with E-state index < -0.39 is 16.1 Å². The molecule has 0 aliphatic rings. The van der Waals surface area contributed by atoms with Crippen LogP contribution in [0.5, 0.6) is 0 Å². The van der Waals surface area contributed by atoms with Crippen molar-refractivity contribution in [1.82, 2.24) is 23.5 Å². The number of hydrogen-bond donors (Lipinski definition) is 0. The molecule has 15 rings (SSSR count). The van der Waals surface area contributed by atoms with Crippen molar-refractivity contribution in [3.05, 3.63) is 309 Å². The minimum absolute atomic E-state index is 0.786. The highest BCUT2D eigenvalue weighted by Gasteiger charge is 2.43. The van der Waals surface area contributed by atoms with Crippen molar-refractivity contribution < 1.29 is 0 Å². The van der Waals surface area contributed by atoms with Crippen LogP contribution in [0, 0.1) is 0 Å². The van der Waals surface area contributed by atoms with Crippen LogP contribution in [0.2, 0.25) is 0 Å². The van der Waals surface area contributed by atoms with Crippen molar-refractivity contribution in [3.8, 4) is 22.8 Å². The molecule has 0 aliphatic carbocycles. The second kappa shape index (κ2) is 19.0. The van der Waals surface area contributed by atoms with Crippen LogP contribution in [0.25, 0.3) is 72.4 Å². The molecular formula is C72H51N5Si2. The Morgan fingerprint density at radius 1 is 0.241 bits per heavy atom. The Labute approximate surface area is 460 Å². The molecule has 4 heterocycles. The van der Waals surface area contributed by atoms with E-state index in [9.17, 15) is 0 Å². The van der Waals surface area contributed by atoms with Gasteiger partial charge < -0.3 is 0 Å². The first kappa shape index (κ1) is 46.4. The number of nitrogens with zero attached hydrogens (tertiary/aromatic N) is 5. The van der Waals surface area contributed by atoms with Crippen molar-refractivity contribution in [2.45, 2.75) is 0 Å². The molecule has 15 aromatic rings. The van der Waals surface area contributed by atoms with Gasteiger partial charge in [-0.2, -0.15) is 0 Å². The van der Waals surface area contributed by atoms with Gasteiger partial charge in [-0.1, -0.05) is 261 Å². The summed E-state index contributed by atoms with van der Waals surface area (Å²) in [5, 5.41) is 13.0. The lowest BCUT2D eigenvalue weighted by molar-refractivity contribution is 0.997. The van der Waals surface area contributed by atoms with E-state index in [1.807, 2.05) is 0 Å². The highest BCUT2D eigenvalue weighted by atomic mass is 28.3. The normalized spacial score (nSPS) is 12.1. The van der Waals surface area contributed by atoms with Crippen molar-refractivity contribution in [2.24, 2.45) is 0 Å². The number of hydrogen-bond acceptors (Lipinski definition) is 2. The van der Waals surface area contributed by atoms with Crippen LogP contribution in [0.1, 0.15) is 0 Å². The Morgan fingerprint density at radius 3 is 1.03 bits per heavy atom. The number of fused-ring (bicyclic) bond motifs is 8. The maximum Gasteiger partial charge on any atom is 0.221 e. The number of pyridine rings is 1. The van der Waals surface area contributed by atoms with E-state index in [1.165, 1.54) is 52.3 Å². The quantitative estimate of drug-likeness (QED) is 0.0957. The van der Waals surface area contributed by atoms with Crippen LogP contribution in [-0.4, -0.2) is 39.7 Å². The minimum Gasteiger partial charge on any atom is -0.294 e. The van der Waals surface area contributed by atoms with Gasteiger partial charge in [-0.15, -0.1) is 0 Å². The molecule has 5 nitrogen and oxygen atoms in total. The van der Waals surface area contributed by atoms with Crippen LogP contribution in [0.15, 0.2) is 309 Å². The van der Waals surface area contributed by atoms with Crippen molar-refractivity contribution >= 4 is 107 Å². The predicted molar refractivity (Wildman–Crippen MR) is 334 cm³/mol. The Kier molecular flexibility index (Phi) is 11.1. The van der Waals surface area contributed by atoms with Gasteiger partial charge in [0.05, 0.1) is 33.1 Å².